The van der Waals surface area contributed by atoms with E-state index in [1.165, 1.54) is 6.92 Å². The summed E-state index contributed by atoms with van der Waals surface area (Å²) in [6, 6.07) is 20.2. The van der Waals surface area contributed by atoms with E-state index in [0.717, 1.165) is 43.2 Å². The standard InChI is InChI=1S/C29H36N2O4/c1-22(32)20-27(33)30-18-12-4-3-5-13-19-31-28(34)26-21-29(35-23(26)2,24-14-8-6-9-15-24)25-16-10-7-11-17-25/h6-11,14-17H,3-5,12-13,18-21H2,1-2H3,(H,30,33)(H,31,34). The molecule has 0 unspecified atom stereocenters. The van der Waals surface area contributed by atoms with Crippen LogP contribution >= 0.6 is 0 Å². The van der Waals surface area contributed by atoms with Gasteiger partial charge in [-0.3, -0.25) is 14.4 Å². The molecule has 2 amide bonds. The van der Waals surface area contributed by atoms with Gasteiger partial charge in [-0.15, -0.1) is 0 Å². The van der Waals surface area contributed by atoms with Crippen LogP contribution in [0.3, 0.4) is 0 Å². The Kier molecular flexibility index (Phi) is 9.65. The number of amides is 2. The van der Waals surface area contributed by atoms with Gasteiger partial charge in [-0.05, 0) is 26.7 Å². The number of carbonyl (C=O) groups is 3. The van der Waals surface area contributed by atoms with Crippen molar-refractivity contribution < 1.29 is 19.1 Å². The van der Waals surface area contributed by atoms with Gasteiger partial charge in [-0.2, -0.15) is 0 Å². The molecular formula is C29H36N2O4. The average molecular weight is 477 g/mol. The Morgan fingerprint density at radius 2 is 1.31 bits per heavy atom. The van der Waals surface area contributed by atoms with Crippen molar-refractivity contribution in [3.8, 4) is 0 Å². The first-order valence-electron chi connectivity index (χ1n) is 12.5. The molecule has 0 fully saturated rings. The van der Waals surface area contributed by atoms with Gasteiger partial charge in [0.15, 0.2) is 5.60 Å². The Morgan fingerprint density at radius 3 is 1.86 bits per heavy atom. The third kappa shape index (κ3) is 7.28. The minimum Gasteiger partial charge on any atom is -0.482 e. The molecule has 1 aliphatic heterocycles. The summed E-state index contributed by atoms with van der Waals surface area (Å²) in [5.41, 5.74) is 2.06. The maximum Gasteiger partial charge on any atom is 0.250 e. The Morgan fingerprint density at radius 1 is 0.800 bits per heavy atom. The van der Waals surface area contributed by atoms with Crippen LogP contribution in [0.4, 0.5) is 0 Å². The van der Waals surface area contributed by atoms with Crippen molar-refractivity contribution in [2.24, 2.45) is 0 Å². The van der Waals surface area contributed by atoms with Gasteiger partial charge in [0.05, 0.1) is 12.0 Å². The molecule has 0 saturated heterocycles. The minimum atomic E-state index is -0.695. The lowest BCUT2D eigenvalue weighted by Crippen LogP contribution is -2.30. The van der Waals surface area contributed by atoms with E-state index in [9.17, 15) is 14.4 Å². The molecule has 6 heteroatoms. The zero-order valence-corrected chi connectivity index (χ0v) is 20.8. The van der Waals surface area contributed by atoms with E-state index in [4.69, 9.17) is 4.74 Å². The second kappa shape index (κ2) is 12.9. The van der Waals surface area contributed by atoms with E-state index >= 15 is 0 Å². The number of ketones is 1. The van der Waals surface area contributed by atoms with Gasteiger partial charge in [0.1, 0.15) is 11.5 Å². The van der Waals surface area contributed by atoms with E-state index in [0.29, 0.717) is 30.8 Å². The highest BCUT2D eigenvalue weighted by Crippen LogP contribution is 2.46. The van der Waals surface area contributed by atoms with Crippen molar-refractivity contribution in [1.82, 2.24) is 10.6 Å². The van der Waals surface area contributed by atoms with Gasteiger partial charge >= 0.3 is 0 Å². The summed E-state index contributed by atoms with van der Waals surface area (Å²) in [5, 5.41) is 5.83. The molecule has 0 bridgehead atoms. The normalized spacial score (nSPS) is 14.3. The quantitative estimate of drug-likeness (QED) is 0.322. The summed E-state index contributed by atoms with van der Waals surface area (Å²) in [6.45, 7) is 4.51. The molecule has 35 heavy (non-hydrogen) atoms. The molecule has 2 aromatic rings. The fourth-order valence-corrected chi connectivity index (χ4v) is 4.48. The fraction of sp³-hybridized carbons (Fsp3) is 0.414. The molecule has 2 N–H and O–H groups in total. The summed E-state index contributed by atoms with van der Waals surface area (Å²) in [7, 11) is 0. The van der Waals surface area contributed by atoms with Gasteiger partial charge < -0.3 is 15.4 Å². The van der Waals surface area contributed by atoms with E-state index < -0.39 is 5.60 Å². The number of carbonyl (C=O) groups excluding carboxylic acids is 3. The minimum absolute atomic E-state index is 0.0432. The zero-order valence-electron chi connectivity index (χ0n) is 20.8. The van der Waals surface area contributed by atoms with Gasteiger partial charge in [0, 0.05) is 30.6 Å². The van der Waals surface area contributed by atoms with Crippen molar-refractivity contribution >= 4 is 17.6 Å². The predicted molar refractivity (Wildman–Crippen MR) is 136 cm³/mol. The topological polar surface area (TPSA) is 84.5 Å². The number of hydrogen-bond donors (Lipinski definition) is 2. The first-order valence-corrected chi connectivity index (χ1v) is 12.5. The van der Waals surface area contributed by atoms with Crippen LogP contribution in [0.25, 0.3) is 0 Å². The number of ether oxygens (including phenoxy) is 1. The summed E-state index contributed by atoms with van der Waals surface area (Å²) < 4.78 is 6.45. The van der Waals surface area contributed by atoms with Crippen LogP contribution in [-0.4, -0.2) is 30.7 Å². The van der Waals surface area contributed by atoms with Crippen molar-refractivity contribution in [3.05, 3.63) is 83.1 Å². The molecule has 0 spiro atoms. The largest absolute Gasteiger partial charge is 0.482 e. The van der Waals surface area contributed by atoms with E-state index in [-0.39, 0.29) is 24.0 Å². The number of nitrogens with one attached hydrogen (secondary N) is 2. The maximum atomic E-state index is 13.0. The predicted octanol–water partition coefficient (Wildman–Crippen LogP) is 4.79. The molecule has 0 saturated carbocycles. The molecular weight excluding hydrogens is 440 g/mol. The highest BCUT2D eigenvalue weighted by Gasteiger charge is 2.44. The summed E-state index contributed by atoms with van der Waals surface area (Å²) in [5.74, 6) is 0.279. The molecule has 1 heterocycles. The summed E-state index contributed by atoms with van der Waals surface area (Å²) >= 11 is 0. The van der Waals surface area contributed by atoms with Gasteiger partial charge in [-0.1, -0.05) is 79.9 Å². The van der Waals surface area contributed by atoms with Crippen LogP contribution in [0, 0.1) is 0 Å². The van der Waals surface area contributed by atoms with Crippen molar-refractivity contribution in [2.45, 2.75) is 64.4 Å². The van der Waals surface area contributed by atoms with Gasteiger partial charge in [-0.25, -0.2) is 0 Å². The van der Waals surface area contributed by atoms with Crippen molar-refractivity contribution in [3.63, 3.8) is 0 Å². The highest BCUT2D eigenvalue weighted by atomic mass is 16.5. The zero-order chi connectivity index (χ0) is 25.1. The van der Waals surface area contributed by atoms with Crippen LogP contribution in [-0.2, 0) is 24.7 Å². The Bertz CT molecular complexity index is 992. The second-order valence-electron chi connectivity index (χ2n) is 9.13. The Hall–Kier alpha value is -3.41. The maximum absolute atomic E-state index is 13.0. The molecule has 0 radical (unpaired) electrons. The first kappa shape index (κ1) is 26.2. The monoisotopic (exact) mass is 476 g/mol. The van der Waals surface area contributed by atoms with Gasteiger partial charge in [0.25, 0.3) is 5.91 Å². The number of allylic oxidation sites excluding steroid dienone is 1. The van der Waals surface area contributed by atoms with Crippen LogP contribution in [0.5, 0.6) is 0 Å². The lowest BCUT2D eigenvalue weighted by Gasteiger charge is -2.31. The molecule has 3 rings (SSSR count). The molecule has 6 nitrogen and oxygen atoms in total. The number of benzene rings is 2. The van der Waals surface area contributed by atoms with E-state index in [1.807, 2.05) is 43.3 Å². The lowest BCUT2D eigenvalue weighted by molar-refractivity contribution is -0.127. The summed E-state index contributed by atoms with van der Waals surface area (Å²) in [6.07, 6.45) is 5.29. The van der Waals surface area contributed by atoms with E-state index in [1.54, 1.807) is 0 Å². The first-order chi connectivity index (χ1) is 16.9. The SMILES string of the molecule is CC(=O)CC(=O)NCCCCCCCNC(=O)C1=C(C)OC(c2ccccc2)(c2ccccc2)C1. The smallest absolute Gasteiger partial charge is 0.250 e. The molecule has 186 valence electrons. The van der Waals surface area contributed by atoms with E-state index in [2.05, 4.69) is 34.9 Å². The Balaban J connectivity index is 1.44. The lowest BCUT2D eigenvalue weighted by atomic mass is 9.82. The van der Waals surface area contributed by atoms with Crippen LogP contribution in [0.1, 0.15) is 69.9 Å². The third-order valence-electron chi connectivity index (χ3n) is 6.30. The van der Waals surface area contributed by atoms with Gasteiger partial charge in [0.2, 0.25) is 5.91 Å². The van der Waals surface area contributed by atoms with Crippen LogP contribution in [0.15, 0.2) is 72.0 Å². The highest BCUT2D eigenvalue weighted by molar-refractivity contribution is 5.96. The number of hydrogen-bond acceptors (Lipinski definition) is 4. The van der Waals surface area contributed by atoms with Crippen molar-refractivity contribution in [2.75, 3.05) is 13.1 Å². The number of rotatable bonds is 13. The summed E-state index contributed by atoms with van der Waals surface area (Å²) in [4.78, 5) is 35.3. The molecule has 2 aromatic carbocycles. The molecule has 0 atom stereocenters. The average Bonchev–Trinajstić information content (AvgIpc) is 3.22. The number of unbranched alkanes of at least 4 members (excludes halogenated alkanes) is 4. The third-order valence-corrected chi connectivity index (χ3v) is 6.30. The van der Waals surface area contributed by atoms with Crippen LogP contribution in [0.2, 0.25) is 0 Å². The number of Topliss-reactive ketones (excluding diaryl/α,β-unsaturated/α-hetero) is 1. The van der Waals surface area contributed by atoms with Crippen LogP contribution < -0.4 is 10.6 Å². The molecule has 0 aliphatic carbocycles. The molecule has 1 aliphatic rings. The fourth-order valence-electron chi connectivity index (χ4n) is 4.48. The second-order valence-corrected chi connectivity index (χ2v) is 9.13. The molecule has 0 aromatic heterocycles. The van der Waals surface area contributed by atoms with Crippen molar-refractivity contribution in [1.29, 1.82) is 0 Å². The Labute approximate surface area is 208 Å².